The zero-order chi connectivity index (χ0) is 23.9. The summed E-state index contributed by atoms with van der Waals surface area (Å²) in [4.78, 5) is 19.1. The minimum Gasteiger partial charge on any atom is -0.497 e. The smallest absolute Gasteiger partial charge is 0.342 e. The maximum absolute atomic E-state index is 12.5. The minimum absolute atomic E-state index is 0.169. The fraction of sp³-hybridized carbons (Fsp3) is 0.333. The van der Waals surface area contributed by atoms with E-state index in [1.807, 2.05) is 56.3 Å². The van der Waals surface area contributed by atoms with Crippen molar-refractivity contribution in [2.24, 2.45) is 0 Å². The highest BCUT2D eigenvalue weighted by atomic mass is 16.5. The molecule has 34 heavy (non-hydrogen) atoms. The Hall–Kier alpha value is -3.58. The Morgan fingerprint density at radius 3 is 2.65 bits per heavy atom. The number of methoxy groups -OCH3 is 1. The summed E-state index contributed by atoms with van der Waals surface area (Å²) in [5.74, 6) is 2.71. The molecule has 1 aromatic heterocycles. The number of hydrogen-bond acceptors (Lipinski definition) is 7. The van der Waals surface area contributed by atoms with Crippen LogP contribution in [0.15, 0.2) is 66.9 Å². The van der Waals surface area contributed by atoms with Gasteiger partial charge in [0.15, 0.2) is 0 Å². The standard InChI is InChI=1S/C27H31N3O4/c1-19(2)33-27(31)25-8-5-14-28-26(25)30-15-13-21(18-30)29-17-20-6-4-7-24(16-20)34-23-11-9-22(32-3)10-12-23/h4-12,14,16,19,21,29H,13,15,17-18H2,1-3H3/t21-/m0/s1. The second kappa shape index (κ2) is 11.0. The van der Waals surface area contributed by atoms with Crippen LogP contribution in [0.2, 0.25) is 0 Å². The van der Waals surface area contributed by atoms with Gasteiger partial charge in [-0.3, -0.25) is 0 Å². The Morgan fingerprint density at radius 2 is 1.88 bits per heavy atom. The van der Waals surface area contributed by atoms with Gasteiger partial charge in [-0.05, 0) is 74.4 Å². The number of pyridine rings is 1. The summed E-state index contributed by atoms with van der Waals surface area (Å²) in [6.07, 6.45) is 2.52. The van der Waals surface area contributed by atoms with Crippen LogP contribution in [0.25, 0.3) is 0 Å². The van der Waals surface area contributed by atoms with E-state index >= 15 is 0 Å². The van der Waals surface area contributed by atoms with Crippen LogP contribution in [0.3, 0.4) is 0 Å². The van der Waals surface area contributed by atoms with Crippen molar-refractivity contribution in [3.63, 3.8) is 0 Å². The van der Waals surface area contributed by atoms with Crippen molar-refractivity contribution in [1.82, 2.24) is 10.3 Å². The zero-order valence-electron chi connectivity index (χ0n) is 19.9. The van der Waals surface area contributed by atoms with Crippen molar-refractivity contribution in [2.45, 2.75) is 39.0 Å². The summed E-state index contributed by atoms with van der Waals surface area (Å²) in [5, 5.41) is 3.63. The summed E-state index contributed by atoms with van der Waals surface area (Å²) >= 11 is 0. The van der Waals surface area contributed by atoms with Gasteiger partial charge in [-0.25, -0.2) is 9.78 Å². The molecule has 0 radical (unpaired) electrons. The molecule has 178 valence electrons. The van der Waals surface area contributed by atoms with Crippen molar-refractivity contribution in [2.75, 3.05) is 25.1 Å². The molecule has 1 aliphatic heterocycles. The Labute approximate surface area is 200 Å². The van der Waals surface area contributed by atoms with Crippen molar-refractivity contribution < 1.29 is 19.0 Å². The van der Waals surface area contributed by atoms with E-state index in [9.17, 15) is 4.79 Å². The molecule has 1 fully saturated rings. The number of esters is 1. The molecule has 2 aromatic carbocycles. The molecular weight excluding hydrogens is 430 g/mol. The molecule has 2 heterocycles. The Kier molecular flexibility index (Phi) is 7.65. The van der Waals surface area contributed by atoms with E-state index in [4.69, 9.17) is 14.2 Å². The lowest BCUT2D eigenvalue weighted by molar-refractivity contribution is 0.0378. The lowest BCUT2D eigenvalue weighted by Gasteiger charge is -2.21. The summed E-state index contributed by atoms with van der Waals surface area (Å²) in [5.41, 5.74) is 1.66. The number of nitrogens with zero attached hydrogens (tertiary/aromatic N) is 2. The highest BCUT2D eigenvalue weighted by molar-refractivity contribution is 5.94. The van der Waals surface area contributed by atoms with E-state index in [1.165, 1.54) is 0 Å². The van der Waals surface area contributed by atoms with Gasteiger partial charge in [-0.2, -0.15) is 0 Å². The molecule has 1 saturated heterocycles. The fourth-order valence-electron chi connectivity index (χ4n) is 3.97. The van der Waals surface area contributed by atoms with Crippen LogP contribution < -0.4 is 19.7 Å². The summed E-state index contributed by atoms with van der Waals surface area (Å²) in [7, 11) is 1.64. The number of rotatable bonds is 9. The number of anilines is 1. The van der Waals surface area contributed by atoms with E-state index in [2.05, 4.69) is 21.3 Å². The minimum atomic E-state index is -0.330. The van der Waals surface area contributed by atoms with E-state index in [0.29, 0.717) is 17.4 Å². The molecule has 7 nitrogen and oxygen atoms in total. The summed E-state index contributed by atoms with van der Waals surface area (Å²) in [6.45, 7) is 6.03. The molecule has 1 atom stereocenters. The highest BCUT2D eigenvalue weighted by Gasteiger charge is 2.27. The fourth-order valence-corrected chi connectivity index (χ4v) is 3.97. The van der Waals surface area contributed by atoms with E-state index < -0.39 is 0 Å². The van der Waals surface area contributed by atoms with Gasteiger partial charge >= 0.3 is 5.97 Å². The molecule has 0 amide bonds. The highest BCUT2D eigenvalue weighted by Crippen LogP contribution is 2.26. The number of ether oxygens (including phenoxy) is 3. The number of aromatic nitrogens is 1. The van der Waals surface area contributed by atoms with Crippen LogP contribution in [0.5, 0.6) is 17.2 Å². The molecule has 0 spiro atoms. The molecule has 1 N–H and O–H groups in total. The van der Waals surface area contributed by atoms with Crippen LogP contribution in [-0.2, 0) is 11.3 Å². The first-order chi connectivity index (χ1) is 16.5. The first-order valence-corrected chi connectivity index (χ1v) is 11.6. The van der Waals surface area contributed by atoms with Gasteiger partial charge in [0, 0.05) is 31.9 Å². The quantitative estimate of drug-likeness (QED) is 0.458. The predicted molar refractivity (Wildman–Crippen MR) is 132 cm³/mol. The van der Waals surface area contributed by atoms with Gasteiger partial charge in [0.25, 0.3) is 0 Å². The first kappa shape index (κ1) is 23.6. The number of nitrogens with one attached hydrogen (secondary N) is 1. The molecule has 3 aromatic rings. The third-order valence-electron chi connectivity index (χ3n) is 5.63. The monoisotopic (exact) mass is 461 g/mol. The second-order valence-electron chi connectivity index (χ2n) is 8.57. The van der Waals surface area contributed by atoms with Crippen LogP contribution in [0, 0.1) is 0 Å². The van der Waals surface area contributed by atoms with Crippen molar-refractivity contribution in [3.8, 4) is 17.2 Å². The second-order valence-corrected chi connectivity index (χ2v) is 8.57. The summed E-state index contributed by atoms with van der Waals surface area (Å²) in [6, 6.07) is 19.4. The molecule has 1 aliphatic rings. The van der Waals surface area contributed by atoms with Crippen LogP contribution in [0.4, 0.5) is 5.82 Å². The van der Waals surface area contributed by atoms with Gasteiger partial charge in [0.05, 0.1) is 13.2 Å². The number of carbonyl (C=O) groups is 1. The van der Waals surface area contributed by atoms with Gasteiger partial charge in [-0.15, -0.1) is 0 Å². The van der Waals surface area contributed by atoms with Crippen LogP contribution in [0.1, 0.15) is 36.2 Å². The SMILES string of the molecule is COc1ccc(Oc2cccc(CN[C@H]3CCN(c4ncccc4C(=O)OC(C)C)C3)c2)cc1. The Bertz CT molecular complexity index is 1100. The molecule has 0 saturated carbocycles. The van der Waals surface area contributed by atoms with Crippen molar-refractivity contribution in [3.05, 3.63) is 78.0 Å². The van der Waals surface area contributed by atoms with Gasteiger partial charge in [0.2, 0.25) is 0 Å². The number of hydrogen-bond donors (Lipinski definition) is 1. The number of benzene rings is 2. The lowest BCUT2D eigenvalue weighted by atomic mass is 10.2. The molecule has 0 bridgehead atoms. The third-order valence-corrected chi connectivity index (χ3v) is 5.63. The van der Waals surface area contributed by atoms with E-state index in [0.717, 1.165) is 48.9 Å². The molecule has 0 unspecified atom stereocenters. The van der Waals surface area contributed by atoms with Crippen LogP contribution >= 0.6 is 0 Å². The maximum Gasteiger partial charge on any atom is 0.342 e. The topological polar surface area (TPSA) is 72.9 Å². The first-order valence-electron chi connectivity index (χ1n) is 11.6. The molecular formula is C27H31N3O4. The van der Waals surface area contributed by atoms with Gasteiger partial charge < -0.3 is 24.4 Å². The van der Waals surface area contributed by atoms with Crippen molar-refractivity contribution >= 4 is 11.8 Å². The maximum atomic E-state index is 12.5. The van der Waals surface area contributed by atoms with Gasteiger partial charge in [0.1, 0.15) is 28.6 Å². The Balaban J connectivity index is 1.34. The average Bonchev–Trinajstić information content (AvgIpc) is 3.32. The predicted octanol–water partition coefficient (Wildman–Crippen LogP) is 4.82. The normalized spacial score (nSPS) is 15.4. The van der Waals surface area contributed by atoms with Crippen molar-refractivity contribution in [1.29, 1.82) is 0 Å². The molecule has 0 aliphatic carbocycles. The van der Waals surface area contributed by atoms with Gasteiger partial charge in [-0.1, -0.05) is 12.1 Å². The molecule has 4 rings (SSSR count). The zero-order valence-corrected chi connectivity index (χ0v) is 19.9. The largest absolute Gasteiger partial charge is 0.497 e. The lowest BCUT2D eigenvalue weighted by Crippen LogP contribution is -2.33. The Morgan fingerprint density at radius 1 is 1.09 bits per heavy atom. The number of carbonyl (C=O) groups excluding carboxylic acids is 1. The third kappa shape index (κ3) is 6.05. The van der Waals surface area contributed by atoms with Crippen LogP contribution in [-0.4, -0.2) is 43.3 Å². The average molecular weight is 462 g/mol. The van der Waals surface area contributed by atoms with E-state index in [1.54, 1.807) is 25.4 Å². The summed E-state index contributed by atoms with van der Waals surface area (Å²) < 4.78 is 16.6. The van der Waals surface area contributed by atoms with E-state index in [-0.39, 0.29) is 12.1 Å². The molecule has 7 heteroatoms.